The van der Waals surface area contributed by atoms with E-state index in [0.717, 1.165) is 16.9 Å². The zero-order valence-corrected chi connectivity index (χ0v) is 18.2. The Kier molecular flexibility index (Phi) is 5.89. The van der Waals surface area contributed by atoms with Crippen molar-refractivity contribution in [3.8, 4) is 5.75 Å². The van der Waals surface area contributed by atoms with Crippen LogP contribution in [0.1, 0.15) is 37.5 Å². The predicted octanol–water partition coefficient (Wildman–Crippen LogP) is 4.14. The van der Waals surface area contributed by atoms with Gasteiger partial charge < -0.3 is 19.8 Å². The number of hydrogen-bond donors (Lipinski definition) is 2. The highest BCUT2D eigenvalue weighted by atomic mass is 16.5. The topological polar surface area (TPSA) is 84.7 Å². The van der Waals surface area contributed by atoms with Crippen molar-refractivity contribution in [3.63, 3.8) is 0 Å². The number of aryl methyl sites for hydroxylation is 1. The van der Waals surface area contributed by atoms with Crippen LogP contribution in [0.4, 0.5) is 5.69 Å². The van der Waals surface area contributed by atoms with Gasteiger partial charge in [-0.25, -0.2) is 4.98 Å². The summed E-state index contributed by atoms with van der Waals surface area (Å²) >= 11 is 0. The summed E-state index contributed by atoms with van der Waals surface area (Å²) in [5.41, 5.74) is 5.16. The monoisotopic (exact) mass is 428 g/mol. The second kappa shape index (κ2) is 8.93. The van der Waals surface area contributed by atoms with Crippen LogP contribution in [0.3, 0.4) is 0 Å². The van der Waals surface area contributed by atoms with E-state index in [2.05, 4.69) is 15.6 Å². The van der Waals surface area contributed by atoms with E-state index in [0.29, 0.717) is 34.7 Å². The van der Waals surface area contributed by atoms with Crippen LogP contribution in [0, 0.1) is 13.8 Å². The van der Waals surface area contributed by atoms with Crippen molar-refractivity contribution in [1.29, 1.82) is 0 Å². The maximum Gasteiger partial charge on any atom is 0.255 e. The molecule has 2 N–H and O–H groups in total. The number of nitrogens with one attached hydrogen (secondary N) is 2. The molecule has 0 spiro atoms. The van der Waals surface area contributed by atoms with E-state index in [1.807, 2.05) is 35.9 Å². The Hall–Kier alpha value is -4.13. The molecule has 162 valence electrons. The number of pyridine rings is 1. The van der Waals surface area contributed by atoms with Crippen LogP contribution in [0.15, 0.2) is 67.0 Å². The van der Waals surface area contributed by atoms with Gasteiger partial charge in [-0.05, 0) is 67.4 Å². The molecule has 4 rings (SSSR count). The smallest absolute Gasteiger partial charge is 0.255 e. The van der Waals surface area contributed by atoms with E-state index in [-0.39, 0.29) is 11.8 Å². The van der Waals surface area contributed by atoms with Crippen LogP contribution in [-0.4, -0.2) is 28.2 Å². The van der Waals surface area contributed by atoms with Crippen LogP contribution >= 0.6 is 0 Å². The Morgan fingerprint density at radius 3 is 2.50 bits per heavy atom. The van der Waals surface area contributed by atoms with Gasteiger partial charge in [0.2, 0.25) is 0 Å². The number of anilines is 1. The first-order valence-corrected chi connectivity index (χ1v) is 10.3. The fraction of sp³-hybridized carbons (Fsp3) is 0.160. The molecule has 0 aliphatic heterocycles. The number of ether oxygens (including phenoxy) is 1. The fourth-order valence-corrected chi connectivity index (χ4v) is 3.48. The third kappa shape index (κ3) is 4.32. The van der Waals surface area contributed by atoms with Gasteiger partial charge in [-0.1, -0.05) is 12.1 Å². The molecule has 0 saturated carbocycles. The second-order valence-electron chi connectivity index (χ2n) is 7.48. The zero-order valence-electron chi connectivity index (χ0n) is 18.2. The lowest BCUT2D eigenvalue weighted by molar-refractivity contribution is 0.0960. The zero-order chi connectivity index (χ0) is 22.7. The number of carbonyl (C=O) groups is 2. The molecule has 2 amide bonds. The van der Waals surface area contributed by atoms with Crippen molar-refractivity contribution >= 4 is 23.1 Å². The van der Waals surface area contributed by atoms with Gasteiger partial charge in [-0.3, -0.25) is 9.59 Å². The summed E-state index contributed by atoms with van der Waals surface area (Å²) < 4.78 is 7.81. The average Bonchev–Trinajstić information content (AvgIpc) is 3.23. The number of nitrogens with zero attached hydrogens (tertiary/aromatic N) is 2. The van der Waals surface area contributed by atoms with Crippen molar-refractivity contribution in [3.05, 3.63) is 94.9 Å². The molecule has 0 unspecified atom stereocenters. The average molecular weight is 428 g/mol. The van der Waals surface area contributed by atoms with E-state index >= 15 is 0 Å². The summed E-state index contributed by atoms with van der Waals surface area (Å²) in [7, 11) is 1.58. The molecule has 2 aromatic carbocycles. The first-order valence-electron chi connectivity index (χ1n) is 10.3. The van der Waals surface area contributed by atoms with Crippen LogP contribution < -0.4 is 15.4 Å². The fourth-order valence-electron chi connectivity index (χ4n) is 3.48. The molecule has 4 aromatic rings. The number of benzene rings is 2. The van der Waals surface area contributed by atoms with Crippen molar-refractivity contribution in [2.75, 3.05) is 12.4 Å². The third-order valence-electron chi connectivity index (χ3n) is 5.28. The highest BCUT2D eigenvalue weighted by Crippen LogP contribution is 2.21. The van der Waals surface area contributed by atoms with Gasteiger partial charge in [0, 0.05) is 36.3 Å². The summed E-state index contributed by atoms with van der Waals surface area (Å²) in [5, 5.41) is 5.47. The van der Waals surface area contributed by atoms with Crippen molar-refractivity contribution in [2.24, 2.45) is 0 Å². The standard InChI is InChI=1S/C25H24N4O3/c1-16-6-5-13-29-14-19(27-23(16)29)15-32-20-11-9-18(10-12-20)24(30)28-22-8-4-7-21(17(22)2)25(31)26-3/h4-14H,15H2,1-3H3,(H,26,31)(H,28,30). The SMILES string of the molecule is CNC(=O)c1cccc(NC(=O)c2ccc(OCc3cn4cccc(C)c4n3)cc2)c1C. The third-order valence-corrected chi connectivity index (χ3v) is 5.28. The van der Waals surface area contributed by atoms with Crippen LogP contribution in [-0.2, 0) is 6.61 Å². The van der Waals surface area contributed by atoms with E-state index in [1.54, 1.807) is 56.4 Å². The Balaban J connectivity index is 1.41. The molecule has 0 radical (unpaired) electrons. The molecule has 0 atom stereocenters. The Morgan fingerprint density at radius 2 is 1.78 bits per heavy atom. The molecule has 2 aromatic heterocycles. The van der Waals surface area contributed by atoms with Crippen molar-refractivity contribution in [1.82, 2.24) is 14.7 Å². The number of imidazole rings is 1. The Bertz CT molecular complexity index is 1290. The molecule has 7 nitrogen and oxygen atoms in total. The normalized spacial score (nSPS) is 10.7. The molecule has 0 aliphatic carbocycles. The maximum atomic E-state index is 12.7. The highest BCUT2D eigenvalue weighted by Gasteiger charge is 2.13. The molecule has 0 fully saturated rings. The van der Waals surface area contributed by atoms with Crippen molar-refractivity contribution < 1.29 is 14.3 Å². The quantitative estimate of drug-likeness (QED) is 0.483. The first kappa shape index (κ1) is 21.1. The molecule has 2 heterocycles. The lowest BCUT2D eigenvalue weighted by atomic mass is 10.1. The molecular weight excluding hydrogens is 404 g/mol. The summed E-state index contributed by atoms with van der Waals surface area (Å²) in [6.07, 6.45) is 3.90. The van der Waals surface area contributed by atoms with Gasteiger partial charge in [0.15, 0.2) is 0 Å². The van der Waals surface area contributed by atoms with E-state index in [1.165, 1.54) is 0 Å². The first-order chi connectivity index (χ1) is 15.5. The molecule has 32 heavy (non-hydrogen) atoms. The molecule has 7 heteroatoms. The number of amides is 2. The minimum absolute atomic E-state index is 0.194. The molecule has 0 bridgehead atoms. The summed E-state index contributed by atoms with van der Waals surface area (Å²) in [6.45, 7) is 4.16. The highest BCUT2D eigenvalue weighted by molar-refractivity contribution is 6.06. The van der Waals surface area contributed by atoms with Crippen LogP contribution in [0.2, 0.25) is 0 Å². The number of rotatable bonds is 6. The van der Waals surface area contributed by atoms with Gasteiger partial charge >= 0.3 is 0 Å². The second-order valence-corrected chi connectivity index (χ2v) is 7.48. The summed E-state index contributed by atoms with van der Waals surface area (Å²) in [6, 6.07) is 16.2. The molecule has 0 aliphatic rings. The largest absolute Gasteiger partial charge is 0.487 e. The van der Waals surface area contributed by atoms with Gasteiger partial charge in [-0.2, -0.15) is 0 Å². The van der Waals surface area contributed by atoms with E-state index in [9.17, 15) is 9.59 Å². The van der Waals surface area contributed by atoms with Crippen LogP contribution in [0.5, 0.6) is 5.75 Å². The Labute approximate surface area is 186 Å². The lowest BCUT2D eigenvalue weighted by Crippen LogP contribution is -2.20. The van der Waals surface area contributed by atoms with Gasteiger partial charge in [-0.15, -0.1) is 0 Å². The van der Waals surface area contributed by atoms with Crippen LogP contribution in [0.25, 0.3) is 5.65 Å². The van der Waals surface area contributed by atoms with Gasteiger partial charge in [0.25, 0.3) is 11.8 Å². The molecular formula is C25H24N4O3. The minimum Gasteiger partial charge on any atom is -0.487 e. The predicted molar refractivity (Wildman–Crippen MR) is 123 cm³/mol. The number of carbonyl (C=O) groups excluding carboxylic acids is 2. The number of hydrogen-bond acceptors (Lipinski definition) is 4. The van der Waals surface area contributed by atoms with Gasteiger partial charge in [0.1, 0.15) is 18.0 Å². The molecule has 0 saturated heterocycles. The maximum absolute atomic E-state index is 12.7. The summed E-state index contributed by atoms with van der Waals surface area (Å²) in [4.78, 5) is 29.2. The van der Waals surface area contributed by atoms with E-state index < -0.39 is 0 Å². The number of fused-ring (bicyclic) bond motifs is 1. The lowest BCUT2D eigenvalue weighted by Gasteiger charge is -2.12. The van der Waals surface area contributed by atoms with Crippen molar-refractivity contribution in [2.45, 2.75) is 20.5 Å². The van der Waals surface area contributed by atoms with E-state index in [4.69, 9.17) is 4.74 Å². The number of aromatic nitrogens is 2. The van der Waals surface area contributed by atoms with Gasteiger partial charge in [0.05, 0.1) is 5.69 Å². The summed E-state index contributed by atoms with van der Waals surface area (Å²) in [5.74, 6) is 0.193. The minimum atomic E-state index is -0.260. The Morgan fingerprint density at radius 1 is 1.00 bits per heavy atom.